The summed E-state index contributed by atoms with van der Waals surface area (Å²) >= 11 is 5.85. The fraction of sp³-hybridized carbons (Fsp3) is 0.250. The molecule has 0 fully saturated rings. The van der Waals surface area contributed by atoms with E-state index in [1.54, 1.807) is 12.1 Å². The number of nitrogens with zero attached hydrogens (tertiary/aromatic N) is 2. The van der Waals surface area contributed by atoms with Crippen LogP contribution in [-0.4, -0.2) is 10.9 Å². The minimum absolute atomic E-state index is 0.199. The molecule has 2 aromatic rings. The van der Waals surface area contributed by atoms with Crippen molar-refractivity contribution in [1.82, 2.24) is 4.98 Å². The van der Waals surface area contributed by atoms with E-state index in [1.165, 1.54) is 0 Å². The van der Waals surface area contributed by atoms with Gasteiger partial charge in [0.15, 0.2) is 0 Å². The molecule has 4 heteroatoms. The third kappa shape index (κ3) is 3.49. The molecule has 0 bridgehead atoms. The lowest BCUT2D eigenvalue weighted by molar-refractivity contribution is 0.193. The summed E-state index contributed by atoms with van der Waals surface area (Å²) in [5, 5.41) is 9.13. The largest absolute Gasteiger partial charge is 0.468 e. The molecule has 3 nitrogen and oxygen atoms in total. The average Bonchev–Trinajstić information content (AvgIpc) is 2.48. The van der Waals surface area contributed by atoms with Crippen LogP contribution in [0.5, 0.6) is 5.88 Å². The molecule has 0 saturated carbocycles. The highest BCUT2D eigenvalue weighted by atomic mass is 35.5. The van der Waals surface area contributed by atoms with Crippen molar-refractivity contribution in [3.8, 4) is 11.9 Å². The lowest BCUT2D eigenvalue weighted by Gasteiger charge is -2.18. The normalized spacial score (nSPS) is 11.7. The maximum atomic E-state index is 9.13. The van der Waals surface area contributed by atoms with E-state index in [1.807, 2.05) is 37.3 Å². The first-order valence-corrected chi connectivity index (χ1v) is 6.93. The van der Waals surface area contributed by atoms with Crippen molar-refractivity contribution in [3.05, 3.63) is 59.3 Å². The predicted octanol–water partition coefficient (Wildman–Crippen LogP) is 4.01. The van der Waals surface area contributed by atoms with E-state index in [0.29, 0.717) is 23.7 Å². The topological polar surface area (TPSA) is 45.9 Å². The van der Waals surface area contributed by atoms with Crippen LogP contribution in [0.4, 0.5) is 0 Å². The number of benzene rings is 1. The van der Waals surface area contributed by atoms with Crippen LogP contribution in [0.2, 0.25) is 0 Å². The molecule has 0 saturated heterocycles. The fourth-order valence-electron chi connectivity index (χ4n) is 1.90. The van der Waals surface area contributed by atoms with Crippen LogP contribution < -0.4 is 4.74 Å². The quantitative estimate of drug-likeness (QED) is 0.780. The minimum Gasteiger partial charge on any atom is -0.468 e. The summed E-state index contributed by atoms with van der Waals surface area (Å²) in [6.45, 7) is 1.87. The molecule has 0 unspecified atom stereocenters. The van der Waals surface area contributed by atoms with Crippen molar-refractivity contribution in [2.24, 2.45) is 0 Å². The first kappa shape index (κ1) is 14.4. The van der Waals surface area contributed by atoms with Crippen LogP contribution >= 0.6 is 11.6 Å². The molecule has 102 valence electrons. The molecule has 0 N–H and O–H groups in total. The maximum Gasteiger partial charge on any atom is 0.232 e. The van der Waals surface area contributed by atoms with Gasteiger partial charge >= 0.3 is 0 Å². The van der Waals surface area contributed by atoms with Gasteiger partial charge in [0.25, 0.3) is 0 Å². The lowest BCUT2D eigenvalue weighted by Crippen LogP contribution is -2.10. The van der Waals surface area contributed by atoms with E-state index in [9.17, 15) is 0 Å². The summed E-state index contributed by atoms with van der Waals surface area (Å²) in [4.78, 5) is 4.30. The summed E-state index contributed by atoms with van der Waals surface area (Å²) in [6.07, 6.45) is 0.460. The third-order valence-corrected chi connectivity index (χ3v) is 3.13. The van der Waals surface area contributed by atoms with Crippen LogP contribution in [0.1, 0.15) is 29.3 Å². The van der Waals surface area contributed by atoms with E-state index in [2.05, 4.69) is 11.1 Å². The molecule has 0 spiro atoms. The summed E-state index contributed by atoms with van der Waals surface area (Å²) in [5.41, 5.74) is 2.28. The Balaban J connectivity index is 2.29. The number of hydrogen-bond donors (Lipinski definition) is 0. The monoisotopic (exact) mass is 286 g/mol. The van der Waals surface area contributed by atoms with Crippen molar-refractivity contribution in [2.75, 3.05) is 5.88 Å². The molecule has 1 heterocycles. The van der Waals surface area contributed by atoms with Gasteiger partial charge in [-0.05, 0) is 24.6 Å². The van der Waals surface area contributed by atoms with E-state index < -0.39 is 0 Å². The van der Waals surface area contributed by atoms with Gasteiger partial charge in [0.05, 0.1) is 0 Å². The van der Waals surface area contributed by atoms with Gasteiger partial charge in [0.1, 0.15) is 17.7 Å². The first-order chi connectivity index (χ1) is 9.74. The number of ether oxygens (including phenoxy) is 1. The van der Waals surface area contributed by atoms with Gasteiger partial charge in [0, 0.05) is 18.0 Å². The predicted molar refractivity (Wildman–Crippen MR) is 78.8 cm³/mol. The van der Waals surface area contributed by atoms with Crippen molar-refractivity contribution in [2.45, 2.75) is 19.4 Å². The van der Waals surface area contributed by atoms with Gasteiger partial charge in [-0.3, -0.25) is 0 Å². The molecular formula is C16H15ClN2O. The second kappa shape index (κ2) is 6.93. The van der Waals surface area contributed by atoms with E-state index in [-0.39, 0.29) is 6.10 Å². The molecule has 20 heavy (non-hydrogen) atoms. The Morgan fingerprint density at radius 2 is 2.00 bits per heavy atom. The number of aryl methyl sites for hydroxylation is 1. The Morgan fingerprint density at radius 3 is 2.65 bits per heavy atom. The number of hydrogen-bond acceptors (Lipinski definition) is 3. The number of pyridine rings is 1. The Bertz CT molecular complexity index is 608. The fourth-order valence-corrected chi connectivity index (χ4v) is 2.10. The second-order valence-electron chi connectivity index (χ2n) is 4.41. The molecule has 0 aliphatic heterocycles. The summed E-state index contributed by atoms with van der Waals surface area (Å²) in [6, 6.07) is 15.4. The van der Waals surface area contributed by atoms with Crippen molar-refractivity contribution >= 4 is 11.6 Å². The standard InChI is InChI=1S/C16H15ClN2O/c1-12-7-8-14(11-18)16(19-12)20-15(9-10-17)13-5-3-2-4-6-13/h2-8,15H,9-10H2,1H3/t15-/m1/s1. The molecule has 0 radical (unpaired) electrons. The van der Waals surface area contributed by atoms with Crippen molar-refractivity contribution in [3.63, 3.8) is 0 Å². The average molecular weight is 287 g/mol. The highest BCUT2D eigenvalue weighted by Crippen LogP contribution is 2.26. The van der Waals surface area contributed by atoms with Crippen LogP contribution in [-0.2, 0) is 0 Å². The summed E-state index contributed by atoms with van der Waals surface area (Å²) < 4.78 is 5.93. The minimum atomic E-state index is -0.199. The van der Waals surface area contributed by atoms with Gasteiger partial charge in [-0.1, -0.05) is 30.3 Å². The van der Waals surface area contributed by atoms with Gasteiger partial charge in [0.2, 0.25) is 5.88 Å². The van der Waals surface area contributed by atoms with Gasteiger partial charge in [-0.25, -0.2) is 4.98 Å². The molecule has 0 aliphatic carbocycles. The number of rotatable bonds is 5. The van der Waals surface area contributed by atoms with E-state index in [4.69, 9.17) is 21.6 Å². The van der Waals surface area contributed by atoms with Gasteiger partial charge in [-0.15, -0.1) is 11.6 Å². The molecule has 1 aromatic heterocycles. The van der Waals surface area contributed by atoms with Crippen LogP contribution in [0.15, 0.2) is 42.5 Å². The second-order valence-corrected chi connectivity index (χ2v) is 4.79. The lowest BCUT2D eigenvalue weighted by atomic mass is 10.1. The third-order valence-electron chi connectivity index (χ3n) is 2.92. The number of alkyl halides is 1. The first-order valence-electron chi connectivity index (χ1n) is 6.40. The van der Waals surface area contributed by atoms with Gasteiger partial charge < -0.3 is 4.74 Å². The number of nitriles is 1. The Morgan fingerprint density at radius 1 is 1.25 bits per heavy atom. The molecule has 2 rings (SSSR count). The summed E-state index contributed by atoms with van der Waals surface area (Å²) in [5.74, 6) is 0.847. The Labute approximate surface area is 123 Å². The molecule has 1 atom stereocenters. The van der Waals surface area contributed by atoms with Crippen LogP contribution in [0, 0.1) is 18.3 Å². The smallest absolute Gasteiger partial charge is 0.232 e. The van der Waals surface area contributed by atoms with Crippen LogP contribution in [0.3, 0.4) is 0 Å². The van der Waals surface area contributed by atoms with Crippen molar-refractivity contribution < 1.29 is 4.74 Å². The summed E-state index contributed by atoms with van der Waals surface area (Å²) in [7, 11) is 0. The molecular weight excluding hydrogens is 272 g/mol. The van der Waals surface area contributed by atoms with E-state index in [0.717, 1.165) is 11.3 Å². The zero-order chi connectivity index (χ0) is 14.4. The molecule has 0 aliphatic rings. The van der Waals surface area contributed by atoms with Crippen LogP contribution in [0.25, 0.3) is 0 Å². The zero-order valence-corrected chi connectivity index (χ0v) is 12.0. The Kier molecular flexibility index (Phi) is 4.97. The van der Waals surface area contributed by atoms with E-state index >= 15 is 0 Å². The zero-order valence-electron chi connectivity index (χ0n) is 11.2. The number of aromatic nitrogens is 1. The highest BCUT2D eigenvalue weighted by molar-refractivity contribution is 6.17. The Hall–Kier alpha value is -2.05. The van der Waals surface area contributed by atoms with Crippen molar-refractivity contribution in [1.29, 1.82) is 5.26 Å². The maximum absolute atomic E-state index is 9.13. The molecule has 0 amide bonds. The number of halogens is 1. The highest BCUT2D eigenvalue weighted by Gasteiger charge is 2.16. The molecule has 1 aromatic carbocycles. The van der Waals surface area contributed by atoms with Gasteiger partial charge in [-0.2, -0.15) is 5.26 Å². The SMILES string of the molecule is Cc1ccc(C#N)c(O[C@H](CCCl)c2ccccc2)n1.